The minimum absolute atomic E-state index is 0.197. The fourth-order valence-corrected chi connectivity index (χ4v) is 6.66. The Hall–Kier alpha value is -3.43. The molecule has 0 aliphatic carbocycles. The van der Waals surface area contributed by atoms with Gasteiger partial charge in [-0.25, -0.2) is 8.42 Å². The maximum atomic E-state index is 14.0. The highest BCUT2D eigenvalue weighted by Crippen LogP contribution is 2.40. The minimum Gasteiger partial charge on any atom is -0.497 e. The van der Waals surface area contributed by atoms with Gasteiger partial charge in [-0.05, 0) is 50.1 Å². The fourth-order valence-electron chi connectivity index (χ4n) is 4.96. The van der Waals surface area contributed by atoms with E-state index in [1.54, 1.807) is 50.9 Å². The maximum absolute atomic E-state index is 14.0. The lowest BCUT2D eigenvalue weighted by Gasteiger charge is -2.39. The smallest absolute Gasteiger partial charge is 0.264 e. The third kappa shape index (κ3) is 5.68. The first kappa shape index (κ1) is 27.6. The number of methoxy groups -OCH3 is 4. The number of piperidine rings is 1. The highest BCUT2D eigenvalue weighted by molar-refractivity contribution is 7.92. The van der Waals surface area contributed by atoms with E-state index in [-0.39, 0.29) is 10.9 Å². The van der Waals surface area contributed by atoms with Gasteiger partial charge in [-0.1, -0.05) is 29.8 Å². The Morgan fingerprint density at radius 3 is 2.13 bits per heavy atom. The van der Waals surface area contributed by atoms with E-state index in [9.17, 15) is 8.42 Å². The molecule has 0 aromatic heterocycles. The van der Waals surface area contributed by atoms with Crippen LogP contribution in [0.2, 0.25) is 0 Å². The molecular formula is C29H36N2O6S. The second-order valence-electron chi connectivity index (χ2n) is 9.32. The summed E-state index contributed by atoms with van der Waals surface area (Å²) in [5.74, 6) is 2.44. The summed E-state index contributed by atoms with van der Waals surface area (Å²) >= 11 is 0. The molecule has 0 unspecified atom stereocenters. The maximum Gasteiger partial charge on any atom is 0.264 e. The highest BCUT2D eigenvalue weighted by Gasteiger charge is 2.34. The molecule has 9 heteroatoms. The molecule has 1 fully saturated rings. The van der Waals surface area contributed by atoms with Crippen LogP contribution in [-0.4, -0.2) is 60.9 Å². The van der Waals surface area contributed by atoms with E-state index in [2.05, 4.69) is 4.90 Å². The third-order valence-corrected chi connectivity index (χ3v) is 8.85. The SMILES string of the molecule is COc1cccc(N(C2CCN(Cc3ccc(OC)c(OC)c3OC)CC2)S(=O)(=O)c2ccc(C)cc2)c1. The number of likely N-dealkylation sites (tertiary alicyclic amines) is 1. The van der Waals surface area contributed by atoms with Crippen molar-refractivity contribution in [3.63, 3.8) is 0 Å². The molecule has 4 rings (SSSR count). The Balaban J connectivity index is 1.59. The number of rotatable bonds is 10. The summed E-state index contributed by atoms with van der Waals surface area (Å²) in [5.41, 5.74) is 2.60. The molecule has 0 radical (unpaired) electrons. The topological polar surface area (TPSA) is 77.5 Å². The Labute approximate surface area is 225 Å². The molecule has 3 aromatic rings. The minimum atomic E-state index is -3.79. The lowest BCUT2D eigenvalue weighted by atomic mass is 10.0. The van der Waals surface area contributed by atoms with E-state index in [1.165, 1.54) is 0 Å². The number of aryl methyl sites for hydroxylation is 1. The third-order valence-electron chi connectivity index (χ3n) is 6.95. The average molecular weight is 541 g/mol. The standard InChI is InChI=1S/C29H36N2O6S/c1-21-9-12-26(13-10-21)38(32,33)31(24-7-6-8-25(19-24)34-2)23-15-17-30(18-16-23)20-22-11-14-27(35-3)29(37-5)28(22)36-4/h6-14,19,23H,15-18,20H2,1-5H3. The molecule has 3 aromatic carbocycles. The first-order valence-electron chi connectivity index (χ1n) is 12.6. The van der Waals surface area contributed by atoms with Gasteiger partial charge in [0.15, 0.2) is 11.5 Å². The van der Waals surface area contributed by atoms with E-state index < -0.39 is 10.0 Å². The van der Waals surface area contributed by atoms with Crippen LogP contribution >= 0.6 is 0 Å². The number of anilines is 1. The number of hydrogen-bond acceptors (Lipinski definition) is 7. The van der Waals surface area contributed by atoms with Crippen LogP contribution in [0.25, 0.3) is 0 Å². The summed E-state index contributed by atoms with van der Waals surface area (Å²) in [5, 5.41) is 0. The number of sulfonamides is 1. The molecule has 1 heterocycles. The van der Waals surface area contributed by atoms with Gasteiger partial charge in [-0.15, -0.1) is 0 Å². The van der Waals surface area contributed by atoms with Crippen molar-refractivity contribution in [2.24, 2.45) is 0 Å². The Morgan fingerprint density at radius 1 is 0.842 bits per heavy atom. The molecule has 1 aliphatic heterocycles. The number of benzene rings is 3. The van der Waals surface area contributed by atoms with Crippen LogP contribution in [0, 0.1) is 6.92 Å². The van der Waals surface area contributed by atoms with Crippen LogP contribution < -0.4 is 23.3 Å². The monoisotopic (exact) mass is 540 g/mol. The van der Waals surface area contributed by atoms with Gasteiger partial charge in [0.1, 0.15) is 5.75 Å². The normalized spacial score (nSPS) is 14.7. The predicted octanol–water partition coefficient (Wildman–Crippen LogP) is 4.89. The van der Waals surface area contributed by atoms with Crippen molar-refractivity contribution < 1.29 is 27.4 Å². The highest BCUT2D eigenvalue weighted by atomic mass is 32.2. The first-order chi connectivity index (χ1) is 18.3. The molecule has 0 spiro atoms. The van der Waals surface area contributed by atoms with Crippen LogP contribution in [0.15, 0.2) is 65.6 Å². The summed E-state index contributed by atoms with van der Waals surface area (Å²) in [7, 11) is 2.60. The second-order valence-corrected chi connectivity index (χ2v) is 11.1. The molecule has 0 N–H and O–H groups in total. The van der Waals surface area contributed by atoms with E-state index >= 15 is 0 Å². The van der Waals surface area contributed by atoms with Crippen molar-refractivity contribution in [3.8, 4) is 23.0 Å². The van der Waals surface area contributed by atoms with Gasteiger partial charge in [-0.3, -0.25) is 9.21 Å². The summed E-state index contributed by atoms with van der Waals surface area (Å²) in [4.78, 5) is 2.59. The van der Waals surface area contributed by atoms with Crippen LogP contribution in [0.4, 0.5) is 5.69 Å². The van der Waals surface area contributed by atoms with Crippen LogP contribution in [0.5, 0.6) is 23.0 Å². The van der Waals surface area contributed by atoms with Gasteiger partial charge in [0.2, 0.25) is 5.75 Å². The number of nitrogens with zero attached hydrogens (tertiary/aromatic N) is 2. The summed E-state index contributed by atoms with van der Waals surface area (Å²) in [6.45, 7) is 4.05. The molecule has 0 amide bonds. The molecule has 0 bridgehead atoms. The summed E-state index contributed by atoms with van der Waals surface area (Å²) in [6.07, 6.45) is 1.36. The van der Waals surface area contributed by atoms with E-state index in [0.717, 1.165) is 24.2 Å². The van der Waals surface area contributed by atoms with Gasteiger partial charge in [0.25, 0.3) is 10.0 Å². The van der Waals surface area contributed by atoms with Crippen molar-refractivity contribution in [1.82, 2.24) is 4.90 Å². The van der Waals surface area contributed by atoms with Crippen molar-refractivity contribution in [2.45, 2.75) is 37.2 Å². The Kier molecular flexibility index (Phi) is 8.69. The van der Waals surface area contributed by atoms with Gasteiger partial charge < -0.3 is 18.9 Å². The molecule has 1 aliphatic rings. The predicted molar refractivity (Wildman–Crippen MR) is 148 cm³/mol. The largest absolute Gasteiger partial charge is 0.497 e. The van der Waals surface area contributed by atoms with Gasteiger partial charge in [0, 0.05) is 37.3 Å². The molecule has 38 heavy (non-hydrogen) atoms. The summed E-state index contributed by atoms with van der Waals surface area (Å²) in [6, 6.07) is 17.9. The molecule has 0 saturated carbocycles. The number of hydrogen-bond donors (Lipinski definition) is 0. The van der Waals surface area contributed by atoms with Gasteiger partial charge in [0.05, 0.1) is 39.0 Å². The van der Waals surface area contributed by atoms with E-state index in [1.807, 2.05) is 49.4 Å². The van der Waals surface area contributed by atoms with Gasteiger partial charge in [-0.2, -0.15) is 0 Å². The van der Waals surface area contributed by atoms with Crippen molar-refractivity contribution >= 4 is 15.7 Å². The molecule has 204 valence electrons. The second kappa shape index (κ2) is 12.0. The van der Waals surface area contributed by atoms with Crippen molar-refractivity contribution in [3.05, 3.63) is 71.8 Å². The van der Waals surface area contributed by atoms with Crippen LogP contribution in [0.3, 0.4) is 0 Å². The Morgan fingerprint density at radius 2 is 1.53 bits per heavy atom. The zero-order valence-corrected chi connectivity index (χ0v) is 23.5. The molecule has 1 saturated heterocycles. The summed E-state index contributed by atoms with van der Waals surface area (Å²) < 4.78 is 51.5. The average Bonchev–Trinajstić information content (AvgIpc) is 2.94. The van der Waals surface area contributed by atoms with E-state index in [4.69, 9.17) is 18.9 Å². The Bertz CT molecular complexity index is 1340. The quantitative estimate of drug-likeness (QED) is 0.362. The van der Waals surface area contributed by atoms with Crippen LogP contribution in [0.1, 0.15) is 24.0 Å². The molecule has 8 nitrogen and oxygen atoms in total. The van der Waals surface area contributed by atoms with E-state index in [0.29, 0.717) is 48.1 Å². The van der Waals surface area contributed by atoms with Crippen molar-refractivity contribution in [1.29, 1.82) is 0 Å². The van der Waals surface area contributed by atoms with Crippen molar-refractivity contribution in [2.75, 3.05) is 45.8 Å². The number of ether oxygens (including phenoxy) is 4. The zero-order chi connectivity index (χ0) is 27.3. The lowest BCUT2D eigenvalue weighted by Crippen LogP contribution is -2.47. The van der Waals surface area contributed by atoms with Gasteiger partial charge >= 0.3 is 0 Å². The first-order valence-corrected chi connectivity index (χ1v) is 14.0. The molecule has 0 atom stereocenters. The lowest BCUT2D eigenvalue weighted by molar-refractivity contribution is 0.203. The van der Waals surface area contributed by atoms with Crippen LogP contribution in [-0.2, 0) is 16.6 Å². The zero-order valence-electron chi connectivity index (χ0n) is 22.6. The fraction of sp³-hybridized carbons (Fsp3) is 0.379. The molecular weight excluding hydrogens is 504 g/mol.